The van der Waals surface area contributed by atoms with Crippen LogP contribution in [0.2, 0.25) is 5.02 Å². The summed E-state index contributed by atoms with van der Waals surface area (Å²) in [5, 5.41) is 5.70. The number of nitrogens with zero attached hydrogens (tertiary/aromatic N) is 4. The normalized spacial score (nSPS) is 11.4. The largest absolute Gasteiger partial charge is 0.385 e. The molecule has 9 heteroatoms. The molecule has 0 N–H and O–H groups in total. The second-order valence-corrected chi connectivity index (χ2v) is 7.73. The Morgan fingerprint density at radius 1 is 1.29 bits per heavy atom. The Labute approximate surface area is 172 Å². The van der Waals surface area contributed by atoms with Crippen molar-refractivity contribution in [2.24, 2.45) is 0 Å². The van der Waals surface area contributed by atoms with Gasteiger partial charge < -0.3 is 9.26 Å². The number of benzene rings is 1. The zero-order valence-corrected chi connectivity index (χ0v) is 17.6. The number of unbranched alkanes of at least 4 members (excludes halogenated alkanes) is 1. The molecule has 150 valence electrons. The summed E-state index contributed by atoms with van der Waals surface area (Å²) >= 11 is 7.48. The van der Waals surface area contributed by atoms with E-state index in [4.69, 9.17) is 20.9 Å². The zero-order valence-electron chi connectivity index (χ0n) is 16.0. The van der Waals surface area contributed by atoms with Crippen LogP contribution in [0.3, 0.4) is 0 Å². The lowest BCUT2D eigenvalue weighted by molar-refractivity contribution is 0.189. The summed E-state index contributed by atoms with van der Waals surface area (Å²) < 4.78 is 12.1. The Morgan fingerprint density at radius 3 is 2.93 bits per heavy atom. The first-order valence-electron chi connectivity index (χ1n) is 9.25. The Morgan fingerprint density at radius 2 is 2.14 bits per heavy atom. The van der Waals surface area contributed by atoms with Crippen LogP contribution in [0.5, 0.6) is 0 Å². The molecule has 0 saturated heterocycles. The van der Waals surface area contributed by atoms with E-state index in [2.05, 4.69) is 22.0 Å². The molecule has 3 aromatic rings. The molecule has 0 saturated carbocycles. The highest BCUT2D eigenvalue weighted by atomic mass is 35.5. The van der Waals surface area contributed by atoms with Crippen LogP contribution in [-0.4, -0.2) is 33.4 Å². The average Bonchev–Trinajstić information content (AvgIpc) is 3.14. The van der Waals surface area contributed by atoms with E-state index in [1.54, 1.807) is 29.9 Å². The number of hydrogen-bond donors (Lipinski definition) is 0. The molecule has 0 radical (unpaired) electrons. The Hall–Kier alpha value is -1.90. The van der Waals surface area contributed by atoms with E-state index in [1.807, 2.05) is 0 Å². The van der Waals surface area contributed by atoms with Crippen molar-refractivity contribution in [3.63, 3.8) is 0 Å². The van der Waals surface area contributed by atoms with Gasteiger partial charge in [0.2, 0.25) is 5.89 Å². The molecule has 3 rings (SSSR count). The van der Waals surface area contributed by atoms with Crippen molar-refractivity contribution >= 4 is 34.3 Å². The molecule has 7 nitrogen and oxygen atoms in total. The fourth-order valence-electron chi connectivity index (χ4n) is 2.76. The summed E-state index contributed by atoms with van der Waals surface area (Å²) in [7, 11) is 1.64. The molecule has 0 atom stereocenters. The van der Waals surface area contributed by atoms with Gasteiger partial charge in [0.05, 0.1) is 16.7 Å². The number of aromatic nitrogens is 4. The van der Waals surface area contributed by atoms with E-state index in [0.717, 1.165) is 19.3 Å². The monoisotopic (exact) mass is 422 g/mol. The van der Waals surface area contributed by atoms with Crippen LogP contribution in [0.1, 0.15) is 37.9 Å². The van der Waals surface area contributed by atoms with Gasteiger partial charge >= 0.3 is 0 Å². The molecule has 2 heterocycles. The van der Waals surface area contributed by atoms with Crippen molar-refractivity contribution in [3.8, 4) is 0 Å². The van der Waals surface area contributed by atoms with Gasteiger partial charge in [0.15, 0.2) is 11.0 Å². The van der Waals surface area contributed by atoms with E-state index in [9.17, 15) is 4.79 Å². The highest BCUT2D eigenvalue weighted by molar-refractivity contribution is 7.98. The smallest absolute Gasteiger partial charge is 0.262 e. The molecule has 0 spiro atoms. The van der Waals surface area contributed by atoms with Crippen LogP contribution in [0, 0.1) is 0 Å². The highest BCUT2D eigenvalue weighted by Gasteiger charge is 2.14. The zero-order chi connectivity index (χ0) is 19.9. The highest BCUT2D eigenvalue weighted by Crippen LogP contribution is 2.23. The van der Waals surface area contributed by atoms with Gasteiger partial charge in [-0.2, -0.15) is 4.98 Å². The van der Waals surface area contributed by atoms with Crippen LogP contribution in [0.25, 0.3) is 10.9 Å². The number of halogens is 1. The summed E-state index contributed by atoms with van der Waals surface area (Å²) in [4.78, 5) is 22.0. The number of ether oxygens (including phenoxy) is 1. The summed E-state index contributed by atoms with van der Waals surface area (Å²) in [5.41, 5.74) is 0.492. The van der Waals surface area contributed by atoms with Crippen molar-refractivity contribution in [2.45, 2.75) is 50.1 Å². The number of rotatable bonds is 10. The van der Waals surface area contributed by atoms with E-state index in [-0.39, 0.29) is 5.56 Å². The Balaban J connectivity index is 1.85. The third kappa shape index (κ3) is 5.12. The molecule has 0 aliphatic heterocycles. The van der Waals surface area contributed by atoms with Crippen molar-refractivity contribution in [2.75, 3.05) is 13.7 Å². The molecule has 0 unspecified atom stereocenters. The lowest BCUT2D eigenvalue weighted by Crippen LogP contribution is -2.24. The maximum absolute atomic E-state index is 13.0. The number of hydrogen-bond acceptors (Lipinski definition) is 7. The minimum absolute atomic E-state index is 0.0885. The molecular formula is C19H23ClN4O3S. The average molecular weight is 423 g/mol. The Bertz CT molecular complexity index is 989. The second-order valence-electron chi connectivity index (χ2n) is 6.36. The fourth-order valence-corrected chi connectivity index (χ4v) is 3.79. The first kappa shape index (κ1) is 20.8. The molecule has 0 aliphatic rings. The van der Waals surface area contributed by atoms with E-state index in [0.29, 0.717) is 58.1 Å². The lowest BCUT2D eigenvalue weighted by atomic mass is 10.2. The molecular weight excluding hydrogens is 400 g/mol. The minimum atomic E-state index is -0.0885. The second kappa shape index (κ2) is 10.0. The third-order valence-electron chi connectivity index (χ3n) is 4.20. The number of fused-ring (bicyclic) bond motifs is 1. The van der Waals surface area contributed by atoms with Gasteiger partial charge in [-0.1, -0.05) is 41.9 Å². The maximum atomic E-state index is 13.0. The standard InChI is InChI=1S/C19H23ClN4O3S/c1-3-4-6-16-22-17(27-23-16)12-28-19-21-15-11-13(20)7-8-14(15)18(25)24(19)9-5-10-26-2/h7-8,11H,3-6,9-10,12H2,1-2H3. The van der Waals surface area contributed by atoms with E-state index < -0.39 is 0 Å². The molecule has 2 aromatic heterocycles. The van der Waals surface area contributed by atoms with Gasteiger partial charge in [0, 0.05) is 31.7 Å². The molecule has 0 aliphatic carbocycles. The molecule has 0 fully saturated rings. The van der Waals surface area contributed by atoms with Gasteiger partial charge in [-0.25, -0.2) is 4.98 Å². The molecule has 28 heavy (non-hydrogen) atoms. The topological polar surface area (TPSA) is 83.0 Å². The van der Waals surface area contributed by atoms with Crippen molar-refractivity contribution in [3.05, 3.63) is 45.3 Å². The van der Waals surface area contributed by atoms with Crippen molar-refractivity contribution < 1.29 is 9.26 Å². The first-order chi connectivity index (χ1) is 13.6. The van der Waals surface area contributed by atoms with E-state index in [1.165, 1.54) is 11.8 Å². The van der Waals surface area contributed by atoms with Crippen LogP contribution in [0.4, 0.5) is 0 Å². The van der Waals surface area contributed by atoms with Gasteiger partial charge in [-0.05, 0) is 31.0 Å². The van der Waals surface area contributed by atoms with Crippen LogP contribution >= 0.6 is 23.4 Å². The summed E-state index contributed by atoms with van der Waals surface area (Å²) in [6.07, 6.45) is 3.62. The number of aryl methyl sites for hydroxylation is 1. The minimum Gasteiger partial charge on any atom is -0.385 e. The third-order valence-corrected chi connectivity index (χ3v) is 5.40. The van der Waals surface area contributed by atoms with Crippen molar-refractivity contribution in [1.82, 2.24) is 19.7 Å². The predicted molar refractivity (Wildman–Crippen MR) is 110 cm³/mol. The first-order valence-corrected chi connectivity index (χ1v) is 10.6. The maximum Gasteiger partial charge on any atom is 0.262 e. The number of thioether (sulfide) groups is 1. The summed E-state index contributed by atoms with van der Waals surface area (Å²) in [6, 6.07) is 5.12. The van der Waals surface area contributed by atoms with Gasteiger partial charge in [0.25, 0.3) is 5.56 Å². The van der Waals surface area contributed by atoms with E-state index >= 15 is 0 Å². The predicted octanol–water partition coefficient (Wildman–Crippen LogP) is 4.10. The lowest BCUT2D eigenvalue weighted by Gasteiger charge is -2.12. The quantitative estimate of drug-likeness (QED) is 0.276. The molecule has 0 amide bonds. The SMILES string of the molecule is CCCCc1noc(CSc2nc3cc(Cl)ccc3c(=O)n2CCCOC)n1. The van der Waals surface area contributed by atoms with Crippen LogP contribution in [0.15, 0.2) is 32.7 Å². The van der Waals surface area contributed by atoms with Crippen molar-refractivity contribution in [1.29, 1.82) is 0 Å². The number of methoxy groups -OCH3 is 1. The molecule has 1 aromatic carbocycles. The van der Waals surface area contributed by atoms with Crippen LogP contribution < -0.4 is 5.56 Å². The van der Waals surface area contributed by atoms with Gasteiger partial charge in [0.1, 0.15) is 0 Å². The molecule has 0 bridgehead atoms. The Kier molecular flexibility index (Phi) is 7.47. The van der Waals surface area contributed by atoms with Gasteiger partial charge in [-0.15, -0.1) is 0 Å². The van der Waals surface area contributed by atoms with Crippen LogP contribution in [-0.2, 0) is 23.5 Å². The summed E-state index contributed by atoms with van der Waals surface area (Å²) in [5.74, 6) is 1.69. The summed E-state index contributed by atoms with van der Waals surface area (Å²) in [6.45, 7) is 3.21. The van der Waals surface area contributed by atoms with Gasteiger partial charge in [-0.3, -0.25) is 9.36 Å². The fraction of sp³-hybridized carbons (Fsp3) is 0.474.